The molecule has 0 bridgehead atoms. The molecule has 2 aliphatic rings. The summed E-state index contributed by atoms with van der Waals surface area (Å²) >= 11 is 0. The molecule has 100 valence electrons. The molecule has 5 nitrogen and oxygen atoms in total. The van der Waals surface area contributed by atoms with Crippen LogP contribution in [0.4, 0.5) is 0 Å². The molecule has 3 rings (SSSR count). The van der Waals surface area contributed by atoms with Crippen LogP contribution in [0, 0.1) is 11.8 Å². The van der Waals surface area contributed by atoms with Crippen molar-refractivity contribution in [1.29, 1.82) is 0 Å². The fourth-order valence-electron chi connectivity index (χ4n) is 3.10. The summed E-state index contributed by atoms with van der Waals surface area (Å²) in [7, 11) is 0. The Bertz CT molecular complexity index is 418. The van der Waals surface area contributed by atoms with Gasteiger partial charge in [0, 0.05) is 44.6 Å². The summed E-state index contributed by atoms with van der Waals surface area (Å²) in [6, 6.07) is 0. The number of aryl methyl sites for hydroxylation is 1. The number of aliphatic hydroxyl groups is 1. The average Bonchev–Trinajstić information content (AvgIpc) is 2.82. The molecular formula is C13H21N3O2. The van der Waals surface area contributed by atoms with Gasteiger partial charge in [0.25, 0.3) is 0 Å². The molecule has 3 unspecified atom stereocenters. The van der Waals surface area contributed by atoms with Crippen molar-refractivity contribution in [2.75, 3.05) is 19.8 Å². The van der Waals surface area contributed by atoms with Gasteiger partial charge in [-0.1, -0.05) is 6.92 Å². The van der Waals surface area contributed by atoms with Gasteiger partial charge in [0.05, 0.1) is 0 Å². The molecule has 3 heterocycles. The Morgan fingerprint density at radius 2 is 2.28 bits per heavy atom. The van der Waals surface area contributed by atoms with Crippen molar-refractivity contribution in [2.24, 2.45) is 11.8 Å². The van der Waals surface area contributed by atoms with Crippen LogP contribution >= 0.6 is 0 Å². The first-order valence-electron chi connectivity index (χ1n) is 6.90. The van der Waals surface area contributed by atoms with Crippen LogP contribution in [-0.4, -0.2) is 39.7 Å². The van der Waals surface area contributed by atoms with E-state index in [0.717, 1.165) is 50.7 Å². The molecule has 0 saturated carbocycles. The smallest absolute Gasteiger partial charge is 0.136 e. The lowest BCUT2D eigenvalue weighted by Crippen LogP contribution is -2.29. The van der Waals surface area contributed by atoms with Crippen LogP contribution in [0.25, 0.3) is 0 Å². The third-order valence-electron chi connectivity index (χ3n) is 4.30. The highest BCUT2D eigenvalue weighted by molar-refractivity contribution is 5.07. The van der Waals surface area contributed by atoms with Crippen LogP contribution < -0.4 is 0 Å². The van der Waals surface area contributed by atoms with E-state index in [4.69, 9.17) is 4.74 Å². The van der Waals surface area contributed by atoms with Crippen molar-refractivity contribution in [3.63, 3.8) is 0 Å². The first kappa shape index (κ1) is 12.1. The highest BCUT2D eigenvalue weighted by atomic mass is 16.5. The second kappa shape index (κ2) is 4.97. The largest absolute Gasteiger partial charge is 0.396 e. The maximum atomic E-state index is 9.33. The molecule has 0 aliphatic carbocycles. The van der Waals surface area contributed by atoms with Gasteiger partial charge < -0.3 is 14.4 Å². The minimum Gasteiger partial charge on any atom is -0.396 e. The van der Waals surface area contributed by atoms with Gasteiger partial charge in [-0.05, 0) is 18.8 Å². The zero-order chi connectivity index (χ0) is 12.5. The van der Waals surface area contributed by atoms with E-state index in [-0.39, 0.29) is 6.61 Å². The van der Waals surface area contributed by atoms with Crippen LogP contribution in [0.3, 0.4) is 0 Å². The SMILES string of the molecule is CC1COCCC1c1nnc2n1CC(CO)CC2. The van der Waals surface area contributed by atoms with Crippen LogP contribution in [0.5, 0.6) is 0 Å². The Kier molecular flexibility index (Phi) is 3.35. The molecule has 0 radical (unpaired) electrons. The van der Waals surface area contributed by atoms with Gasteiger partial charge in [-0.3, -0.25) is 0 Å². The molecule has 1 fully saturated rings. The molecule has 1 aromatic rings. The molecule has 0 amide bonds. The fraction of sp³-hybridized carbons (Fsp3) is 0.846. The van der Waals surface area contributed by atoms with Crippen molar-refractivity contribution in [1.82, 2.24) is 14.8 Å². The van der Waals surface area contributed by atoms with Crippen LogP contribution in [0.15, 0.2) is 0 Å². The number of aromatic nitrogens is 3. The van der Waals surface area contributed by atoms with E-state index in [1.165, 1.54) is 0 Å². The standard InChI is InChI=1S/C13H21N3O2/c1-9-8-18-5-4-11(9)13-15-14-12-3-2-10(7-17)6-16(12)13/h9-11,17H,2-8H2,1H3. The molecular weight excluding hydrogens is 230 g/mol. The van der Waals surface area contributed by atoms with Gasteiger partial charge in [0.15, 0.2) is 0 Å². The Hall–Kier alpha value is -0.940. The summed E-state index contributed by atoms with van der Waals surface area (Å²) in [4.78, 5) is 0. The number of hydrogen-bond donors (Lipinski definition) is 1. The third kappa shape index (κ3) is 2.06. The molecule has 3 atom stereocenters. The van der Waals surface area contributed by atoms with E-state index in [9.17, 15) is 5.11 Å². The molecule has 18 heavy (non-hydrogen) atoms. The van der Waals surface area contributed by atoms with Crippen molar-refractivity contribution in [2.45, 2.75) is 38.6 Å². The number of ether oxygens (including phenoxy) is 1. The normalized spacial score (nSPS) is 32.2. The summed E-state index contributed by atoms with van der Waals surface area (Å²) in [6.07, 6.45) is 3.00. The lowest BCUT2D eigenvalue weighted by molar-refractivity contribution is 0.0437. The number of fused-ring (bicyclic) bond motifs is 1. The van der Waals surface area contributed by atoms with E-state index in [1.807, 2.05) is 0 Å². The van der Waals surface area contributed by atoms with E-state index in [0.29, 0.717) is 17.8 Å². The van der Waals surface area contributed by atoms with Gasteiger partial charge >= 0.3 is 0 Å². The molecule has 1 saturated heterocycles. The number of nitrogens with zero attached hydrogens (tertiary/aromatic N) is 3. The lowest BCUT2D eigenvalue weighted by Gasteiger charge is -2.30. The highest BCUT2D eigenvalue weighted by Crippen LogP contribution is 2.32. The predicted molar refractivity (Wildman–Crippen MR) is 66.3 cm³/mol. The van der Waals surface area contributed by atoms with E-state index < -0.39 is 0 Å². The molecule has 2 aliphatic heterocycles. The third-order valence-corrected chi connectivity index (χ3v) is 4.30. The Labute approximate surface area is 107 Å². The highest BCUT2D eigenvalue weighted by Gasteiger charge is 2.31. The van der Waals surface area contributed by atoms with Gasteiger partial charge in [0.2, 0.25) is 0 Å². The van der Waals surface area contributed by atoms with Crippen LogP contribution in [-0.2, 0) is 17.7 Å². The van der Waals surface area contributed by atoms with E-state index in [2.05, 4.69) is 21.7 Å². The zero-order valence-electron chi connectivity index (χ0n) is 10.9. The van der Waals surface area contributed by atoms with Crippen molar-refractivity contribution in [3.8, 4) is 0 Å². The fourth-order valence-corrected chi connectivity index (χ4v) is 3.10. The molecule has 0 aromatic carbocycles. The Morgan fingerprint density at radius 1 is 1.39 bits per heavy atom. The van der Waals surface area contributed by atoms with Crippen molar-refractivity contribution < 1.29 is 9.84 Å². The maximum Gasteiger partial charge on any atom is 0.136 e. The summed E-state index contributed by atoms with van der Waals surface area (Å²) in [5.74, 6) is 3.52. The quantitative estimate of drug-likeness (QED) is 0.851. The van der Waals surface area contributed by atoms with Gasteiger partial charge in [-0.2, -0.15) is 0 Å². The summed E-state index contributed by atoms with van der Waals surface area (Å²) in [6.45, 7) is 4.99. The monoisotopic (exact) mass is 251 g/mol. The summed E-state index contributed by atoms with van der Waals surface area (Å²) in [5, 5.41) is 18.1. The maximum absolute atomic E-state index is 9.33. The van der Waals surface area contributed by atoms with Crippen molar-refractivity contribution in [3.05, 3.63) is 11.6 Å². The molecule has 5 heteroatoms. The van der Waals surface area contributed by atoms with E-state index in [1.54, 1.807) is 0 Å². The summed E-state index contributed by atoms with van der Waals surface area (Å²) < 4.78 is 7.75. The first-order valence-corrected chi connectivity index (χ1v) is 6.90. The van der Waals surface area contributed by atoms with Gasteiger partial charge in [0.1, 0.15) is 11.6 Å². The Balaban J connectivity index is 1.87. The second-order valence-electron chi connectivity index (χ2n) is 5.62. The van der Waals surface area contributed by atoms with Gasteiger partial charge in [-0.15, -0.1) is 10.2 Å². The zero-order valence-corrected chi connectivity index (χ0v) is 10.9. The molecule has 0 spiro atoms. The number of hydrogen-bond acceptors (Lipinski definition) is 4. The minimum absolute atomic E-state index is 0.264. The summed E-state index contributed by atoms with van der Waals surface area (Å²) in [5.41, 5.74) is 0. The lowest BCUT2D eigenvalue weighted by atomic mass is 9.88. The predicted octanol–water partition coefficient (Wildman–Crippen LogP) is 0.973. The minimum atomic E-state index is 0.264. The van der Waals surface area contributed by atoms with Crippen LogP contribution in [0.2, 0.25) is 0 Å². The van der Waals surface area contributed by atoms with Crippen LogP contribution in [0.1, 0.15) is 37.3 Å². The average molecular weight is 251 g/mol. The second-order valence-corrected chi connectivity index (χ2v) is 5.62. The number of rotatable bonds is 2. The number of aliphatic hydroxyl groups excluding tert-OH is 1. The molecule has 1 N–H and O–H groups in total. The van der Waals surface area contributed by atoms with Crippen molar-refractivity contribution >= 4 is 0 Å². The topological polar surface area (TPSA) is 60.2 Å². The Morgan fingerprint density at radius 3 is 3.06 bits per heavy atom. The van der Waals surface area contributed by atoms with Gasteiger partial charge in [-0.25, -0.2) is 0 Å². The molecule has 1 aromatic heterocycles. The van der Waals surface area contributed by atoms with E-state index >= 15 is 0 Å². The first-order chi connectivity index (χ1) is 8.79.